The fraction of sp³-hybridized carbons (Fsp3) is 0.871. The summed E-state index contributed by atoms with van der Waals surface area (Å²) in [6, 6.07) is -0.554. The number of rotatable bonds is 56. The van der Waals surface area contributed by atoms with Gasteiger partial charge < -0.3 is 20.3 Å². The van der Waals surface area contributed by atoms with Crippen LogP contribution in [0.3, 0.4) is 0 Å². The van der Waals surface area contributed by atoms with Gasteiger partial charge in [-0.1, -0.05) is 262 Å². The number of aliphatic hydroxyl groups excluding tert-OH is 2. The zero-order chi connectivity index (χ0) is 49.3. The molecule has 3 N–H and O–H groups in total. The number of ether oxygens (including phenoxy) is 1. The van der Waals surface area contributed by atoms with Gasteiger partial charge >= 0.3 is 5.97 Å². The third-order valence-corrected chi connectivity index (χ3v) is 13.9. The van der Waals surface area contributed by atoms with E-state index in [1.165, 1.54) is 218 Å². The highest BCUT2D eigenvalue weighted by Gasteiger charge is 2.20. The summed E-state index contributed by atoms with van der Waals surface area (Å²) in [6.45, 7) is 4.92. The fourth-order valence-corrected chi connectivity index (χ4v) is 9.25. The number of unbranched alkanes of at least 4 members (excludes halogenated alkanes) is 39. The minimum atomic E-state index is -0.675. The zero-order valence-electron chi connectivity index (χ0n) is 45.6. The Hall–Kier alpha value is -1.92. The molecule has 0 rings (SSSR count). The van der Waals surface area contributed by atoms with E-state index >= 15 is 0 Å². The molecule has 0 saturated carbocycles. The lowest BCUT2D eigenvalue weighted by molar-refractivity contribution is -0.143. The number of esters is 1. The maximum atomic E-state index is 12.5. The number of allylic oxidation sites excluding steroid dienone is 6. The van der Waals surface area contributed by atoms with Crippen molar-refractivity contribution < 1.29 is 24.5 Å². The third-order valence-electron chi connectivity index (χ3n) is 13.9. The van der Waals surface area contributed by atoms with E-state index in [0.29, 0.717) is 25.9 Å². The largest absolute Gasteiger partial charge is 0.466 e. The van der Waals surface area contributed by atoms with E-state index in [4.69, 9.17) is 4.74 Å². The van der Waals surface area contributed by atoms with Crippen LogP contribution in [-0.4, -0.2) is 47.4 Å². The predicted molar refractivity (Wildman–Crippen MR) is 296 cm³/mol. The smallest absolute Gasteiger partial charge is 0.305 e. The molecule has 0 aliphatic rings. The quantitative estimate of drug-likeness (QED) is 0.0321. The third kappa shape index (κ3) is 53.4. The average molecular weight is 957 g/mol. The first kappa shape index (κ1) is 66.1. The van der Waals surface area contributed by atoms with Crippen LogP contribution < -0.4 is 5.32 Å². The summed E-state index contributed by atoms with van der Waals surface area (Å²) < 4.78 is 5.48. The van der Waals surface area contributed by atoms with Crippen LogP contribution in [0.1, 0.15) is 322 Å². The van der Waals surface area contributed by atoms with E-state index in [1.54, 1.807) is 0 Å². The van der Waals surface area contributed by atoms with Crippen molar-refractivity contribution in [1.82, 2.24) is 5.32 Å². The highest BCUT2D eigenvalue weighted by molar-refractivity contribution is 5.76. The standard InChI is InChI=1S/C62H117NO5/c1-3-5-7-9-11-13-15-17-19-21-22-23-28-32-36-40-44-48-52-56-62(67)68-57-53-49-45-41-37-33-29-25-24-27-31-35-39-43-47-51-55-61(66)63-59(58-64)60(65)54-50-46-42-38-34-30-26-20-18-16-14-12-10-8-6-4-2/h11,13,17,19,24,27,59-60,64-65H,3-10,12,14-16,18,20-23,25-26,28-58H2,1-2H3,(H,63,66)/b13-11-,19-17-,27-24-. The van der Waals surface area contributed by atoms with Gasteiger partial charge in [0.25, 0.3) is 0 Å². The maximum absolute atomic E-state index is 12.5. The maximum Gasteiger partial charge on any atom is 0.305 e. The summed E-state index contributed by atoms with van der Waals surface area (Å²) in [4.78, 5) is 24.6. The molecule has 6 nitrogen and oxygen atoms in total. The molecule has 6 heteroatoms. The summed E-state index contributed by atoms with van der Waals surface area (Å²) in [6.07, 6.45) is 71.4. The minimum Gasteiger partial charge on any atom is -0.466 e. The molecule has 0 aromatic rings. The van der Waals surface area contributed by atoms with Crippen molar-refractivity contribution in [2.75, 3.05) is 13.2 Å². The molecule has 0 aromatic heterocycles. The van der Waals surface area contributed by atoms with Gasteiger partial charge in [0.1, 0.15) is 0 Å². The lowest BCUT2D eigenvalue weighted by atomic mass is 10.0. The molecule has 2 atom stereocenters. The molecule has 0 heterocycles. The van der Waals surface area contributed by atoms with Crippen molar-refractivity contribution in [3.05, 3.63) is 36.5 Å². The Kier molecular flexibility index (Phi) is 56.0. The molecule has 0 aliphatic heterocycles. The SMILES string of the molecule is CCCCC/C=C\C/C=C\CCCCCCCCCCCC(=O)OCCCCCCCCC/C=C\CCCCCCCC(=O)NC(CO)C(O)CCCCCCCCCCCCCCCCCC. The topological polar surface area (TPSA) is 95.9 Å². The minimum absolute atomic E-state index is 0.00639. The van der Waals surface area contributed by atoms with Crippen LogP contribution >= 0.6 is 0 Å². The molecule has 1 amide bonds. The molecular formula is C62H117NO5. The Bertz CT molecular complexity index is 1100. The first-order chi connectivity index (χ1) is 33.5. The Morgan fingerprint density at radius 2 is 0.735 bits per heavy atom. The number of hydrogen-bond acceptors (Lipinski definition) is 5. The van der Waals surface area contributed by atoms with Crippen LogP contribution in [-0.2, 0) is 14.3 Å². The Morgan fingerprint density at radius 3 is 1.16 bits per heavy atom. The molecule has 0 aromatic carbocycles. The van der Waals surface area contributed by atoms with Gasteiger partial charge in [0, 0.05) is 12.8 Å². The van der Waals surface area contributed by atoms with Gasteiger partial charge in [0.2, 0.25) is 5.91 Å². The van der Waals surface area contributed by atoms with E-state index in [9.17, 15) is 19.8 Å². The molecule has 68 heavy (non-hydrogen) atoms. The Labute approximate surface area is 424 Å². The average Bonchev–Trinajstić information content (AvgIpc) is 3.34. The molecule has 0 fully saturated rings. The van der Waals surface area contributed by atoms with Crippen molar-refractivity contribution in [1.29, 1.82) is 0 Å². The van der Waals surface area contributed by atoms with Crippen LogP contribution in [0.4, 0.5) is 0 Å². The van der Waals surface area contributed by atoms with E-state index in [2.05, 4.69) is 55.6 Å². The Balaban J connectivity index is 3.45. The van der Waals surface area contributed by atoms with Gasteiger partial charge in [-0.25, -0.2) is 0 Å². The molecule has 0 bridgehead atoms. The number of amides is 1. The summed E-state index contributed by atoms with van der Waals surface area (Å²) in [5, 5.41) is 23.3. The highest BCUT2D eigenvalue weighted by Crippen LogP contribution is 2.17. The number of carbonyl (C=O) groups excluding carboxylic acids is 2. The van der Waals surface area contributed by atoms with Gasteiger partial charge in [0.05, 0.1) is 25.4 Å². The first-order valence-electron chi connectivity index (χ1n) is 30.2. The summed E-state index contributed by atoms with van der Waals surface area (Å²) in [5.74, 6) is -0.0573. The second-order valence-electron chi connectivity index (χ2n) is 20.7. The number of carbonyl (C=O) groups is 2. The fourth-order valence-electron chi connectivity index (χ4n) is 9.25. The van der Waals surface area contributed by atoms with Crippen molar-refractivity contribution in [2.24, 2.45) is 0 Å². The van der Waals surface area contributed by atoms with Gasteiger partial charge in [-0.05, 0) is 83.5 Å². The summed E-state index contributed by atoms with van der Waals surface area (Å²) in [7, 11) is 0. The van der Waals surface area contributed by atoms with E-state index in [0.717, 1.165) is 70.6 Å². The monoisotopic (exact) mass is 956 g/mol. The van der Waals surface area contributed by atoms with E-state index < -0.39 is 12.1 Å². The predicted octanol–water partition coefficient (Wildman–Crippen LogP) is 18.8. The zero-order valence-corrected chi connectivity index (χ0v) is 45.6. The number of aliphatic hydroxyl groups is 2. The van der Waals surface area contributed by atoms with Gasteiger partial charge in [-0.2, -0.15) is 0 Å². The second kappa shape index (κ2) is 57.7. The van der Waals surface area contributed by atoms with Crippen molar-refractivity contribution in [2.45, 2.75) is 334 Å². The van der Waals surface area contributed by atoms with E-state index in [-0.39, 0.29) is 18.5 Å². The number of hydrogen-bond donors (Lipinski definition) is 3. The van der Waals surface area contributed by atoms with Gasteiger partial charge in [-0.15, -0.1) is 0 Å². The molecular weight excluding hydrogens is 839 g/mol. The van der Waals surface area contributed by atoms with Crippen molar-refractivity contribution >= 4 is 11.9 Å². The lowest BCUT2D eigenvalue weighted by Crippen LogP contribution is -2.45. The Morgan fingerprint density at radius 1 is 0.412 bits per heavy atom. The molecule has 0 radical (unpaired) electrons. The summed E-state index contributed by atoms with van der Waals surface area (Å²) in [5.41, 5.74) is 0. The normalized spacial score (nSPS) is 12.8. The van der Waals surface area contributed by atoms with Crippen molar-refractivity contribution in [3.8, 4) is 0 Å². The molecule has 0 spiro atoms. The number of nitrogens with one attached hydrogen (secondary N) is 1. The van der Waals surface area contributed by atoms with Crippen LogP contribution in [0.25, 0.3) is 0 Å². The van der Waals surface area contributed by atoms with Crippen LogP contribution in [0.5, 0.6) is 0 Å². The lowest BCUT2D eigenvalue weighted by Gasteiger charge is -2.22. The molecule has 0 saturated heterocycles. The van der Waals surface area contributed by atoms with Crippen LogP contribution in [0.2, 0.25) is 0 Å². The van der Waals surface area contributed by atoms with Crippen LogP contribution in [0, 0.1) is 0 Å². The summed E-state index contributed by atoms with van der Waals surface area (Å²) >= 11 is 0. The molecule has 2 unspecified atom stereocenters. The van der Waals surface area contributed by atoms with Crippen LogP contribution in [0.15, 0.2) is 36.5 Å². The second-order valence-corrected chi connectivity index (χ2v) is 20.7. The van der Waals surface area contributed by atoms with Gasteiger partial charge in [0.15, 0.2) is 0 Å². The van der Waals surface area contributed by atoms with E-state index in [1.807, 2.05) is 0 Å². The highest BCUT2D eigenvalue weighted by atomic mass is 16.5. The molecule has 0 aliphatic carbocycles. The molecule has 400 valence electrons. The first-order valence-corrected chi connectivity index (χ1v) is 30.2. The van der Waals surface area contributed by atoms with Gasteiger partial charge in [-0.3, -0.25) is 9.59 Å². The van der Waals surface area contributed by atoms with Crippen molar-refractivity contribution in [3.63, 3.8) is 0 Å².